The minimum absolute atomic E-state index is 0.166. The van der Waals surface area contributed by atoms with Crippen molar-refractivity contribution in [2.45, 2.75) is 26.0 Å². The van der Waals surface area contributed by atoms with Gasteiger partial charge in [0.05, 0.1) is 12.7 Å². The third-order valence-corrected chi connectivity index (χ3v) is 4.55. The smallest absolute Gasteiger partial charge is 0.0950 e. The Morgan fingerprint density at radius 3 is 2.68 bits per heavy atom. The number of nitrogens with one attached hydrogen (secondary N) is 1. The quantitative estimate of drug-likeness (QED) is 0.772. The van der Waals surface area contributed by atoms with Gasteiger partial charge in [-0.05, 0) is 37.6 Å². The van der Waals surface area contributed by atoms with Crippen molar-refractivity contribution in [3.63, 3.8) is 0 Å². The number of fused-ring (bicyclic) bond motifs is 3. The number of nitrogens with zero attached hydrogens (tertiary/aromatic N) is 1. The van der Waals surface area contributed by atoms with Gasteiger partial charge in [0.25, 0.3) is 0 Å². The highest BCUT2D eigenvalue weighted by Crippen LogP contribution is 2.34. The van der Waals surface area contributed by atoms with E-state index >= 15 is 0 Å². The maximum atomic E-state index is 5.91. The number of hydrogen-bond acceptors (Lipinski definition) is 2. The molecule has 1 saturated heterocycles. The van der Waals surface area contributed by atoms with Gasteiger partial charge in [0.2, 0.25) is 0 Å². The first-order valence-electron chi connectivity index (χ1n) is 8.10. The Hall–Kier alpha value is -1.84. The van der Waals surface area contributed by atoms with E-state index in [1.165, 1.54) is 27.4 Å². The molecular formula is C19H22N2O. The molecule has 4 rings (SSSR count). The second kappa shape index (κ2) is 5.41. The van der Waals surface area contributed by atoms with Gasteiger partial charge in [0.15, 0.2) is 0 Å². The van der Waals surface area contributed by atoms with Crippen molar-refractivity contribution in [3.05, 3.63) is 48.0 Å². The highest BCUT2D eigenvalue weighted by molar-refractivity contribution is 6.08. The Morgan fingerprint density at radius 1 is 1.09 bits per heavy atom. The molecule has 1 N–H and O–H groups in total. The van der Waals surface area contributed by atoms with E-state index in [1.54, 1.807) is 0 Å². The number of morpholine rings is 1. The zero-order chi connectivity index (χ0) is 15.1. The van der Waals surface area contributed by atoms with Crippen LogP contribution in [0.3, 0.4) is 0 Å². The predicted octanol–water partition coefficient (Wildman–Crippen LogP) is 4.04. The first-order chi connectivity index (χ1) is 10.8. The lowest BCUT2D eigenvalue weighted by Crippen LogP contribution is -2.33. The van der Waals surface area contributed by atoms with Crippen molar-refractivity contribution in [3.8, 4) is 0 Å². The summed E-state index contributed by atoms with van der Waals surface area (Å²) in [5.41, 5.74) is 3.89. The SMILES string of the molecule is CC(C)n1c2ccccc2c2cc(C3CNCCO3)ccc21. The van der Waals surface area contributed by atoms with Crippen molar-refractivity contribution < 1.29 is 4.74 Å². The molecule has 0 bridgehead atoms. The van der Waals surface area contributed by atoms with Gasteiger partial charge in [0.1, 0.15) is 0 Å². The van der Waals surface area contributed by atoms with Crippen molar-refractivity contribution in [1.29, 1.82) is 0 Å². The number of hydrogen-bond donors (Lipinski definition) is 1. The third kappa shape index (κ3) is 2.13. The summed E-state index contributed by atoms with van der Waals surface area (Å²) < 4.78 is 8.33. The van der Waals surface area contributed by atoms with Gasteiger partial charge in [-0.1, -0.05) is 24.3 Å². The molecule has 1 aliphatic rings. The van der Waals surface area contributed by atoms with Crippen molar-refractivity contribution in [2.24, 2.45) is 0 Å². The molecule has 1 aromatic heterocycles. The van der Waals surface area contributed by atoms with Gasteiger partial charge in [-0.3, -0.25) is 0 Å². The van der Waals surface area contributed by atoms with Crippen LogP contribution in [-0.4, -0.2) is 24.3 Å². The zero-order valence-corrected chi connectivity index (χ0v) is 13.2. The van der Waals surface area contributed by atoms with E-state index in [1.807, 2.05) is 0 Å². The van der Waals surface area contributed by atoms with Crippen LogP contribution >= 0.6 is 0 Å². The lowest BCUT2D eigenvalue weighted by molar-refractivity contribution is 0.0278. The lowest BCUT2D eigenvalue weighted by Gasteiger charge is -2.24. The molecule has 0 radical (unpaired) electrons. The van der Waals surface area contributed by atoms with E-state index in [-0.39, 0.29) is 6.10 Å². The van der Waals surface area contributed by atoms with Crippen molar-refractivity contribution in [2.75, 3.05) is 19.7 Å². The van der Waals surface area contributed by atoms with Crippen LogP contribution in [0.25, 0.3) is 21.8 Å². The summed E-state index contributed by atoms with van der Waals surface area (Å²) in [4.78, 5) is 0. The Bertz CT molecular complexity index is 813. The Labute approximate surface area is 130 Å². The minimum Gasteiger partial charge on any atom is -0.371 e. The number of ether oxygens (including phenoxy) is 1. The fourth-order valence-corrected chi connectivity index (χ4v) is 3.56. The molecule has 3 nitrogen and oxygen atoms in total. The molecule has 3 aromatic rings. The Balaban J connectivity index is 1.94. The normalized spacial score (nSPS) is 19.3. The van der Waals surface area contributed by atoms with Crippen LogP contribution in [0.2, 0.25) is 0 Å². The summed E-state index contributed by atoms with van der Waals surface area (Å²) in [5, 5.41) is 6.07. The second-order valence-electron chi connectivity index (χ2n) is 6.32. The van der Waals surface area contributed by atoms with E-state index in [0.29, 0.717) is 6.04 Å². The highest BCUT2D eigenvalue weighted by atomic mass is 16.5. The molecule has 1 aliphatic heterocycles. The van der Waals surface area contributed by atoms with Gasteiger partial charge >= 0.3 is 0 Å². The molecule has 1 unspecified atom stereocenters. The number of aromatic nitrogens is 1. The van der Waals surface area contributed by atoms with Crippen LogP contribution in [0.1, 0.15) is 31.6 Å². The summed E-state index contributed by atoms with van der Waals surface area (Å²) in [7, 11) is 0. The van der Waals surface area contributed by atoms with Crippen molar-refractivity contribution in [1.82, 2.24) is 9.88 Å². The average Bonchev–Trinajstić information content (AvgIpc) is 2.89. The minimum atomic E-state index is 0.166. The van der Waals surface area contributed by atoms with E-state index in [4.69, 9.17) is 4.74 Å². The fraction of sp³-hybridized carbons (Fsp3) is 0.368. The van der Waals surface area contributed by atoms with Crippen LogP contribution in [0.4, 0.5) is 0 Å². The van der Waals surface area contributed by atoms with E-state index in [9.17, 15) is 0 Å². The van der Waals surface area contributed by atoms with Crippen LogP contribution in [0.5, 0.6) is 0 Å². The van der Waals surface area contributed by atoms with E-state index in [0.717, 1.165) is 19.7 Å². The maximum absolute atomic E-state index is 5.91. The van der Waals surface area contributed by atoms with Crippen molar-refractivity contribution >= 4 is 21.8 Å². The third-order valence-electron chi connectivity index (χ3n) is 4.55. The molecule has 1 fully saturated rings. The molecule has 114 valence electrons. The topological polar surface area (TPSA) is 26.2 Å². The molecule has 0 aliphatic carbocycles. The average molecular weight is 294 g/mol. The molecule has 0 spiro atoms. The monoisotopic (exact) mass is 294 g/mol. The largest absolute Gasteiger partial charge is 0.371 e. The molecule has 1 atom stereocenters. The van der Waals surface area contributed by atoms with Gasteiger partial charge in [-0.15, -0.1) is 0 Å². The summed E-state index contributed by atoms with van der Waals surface area (Å²) in [6, 6.07) is 15.9. The van der Waals surface area contributed by atoms with Gasteiger partial charge in [-0.25, -0.2) is 0 Å². The first-order valence-corrected chi connectivity index (χ1v) is 8.10. The molecule has 2 heterocycles. The Kier molecular flexibility index (Phi) is 3.40. The summed E-state index contributed by atoms with van der Waals surface area (Å²) in [5.74, 6) is 0. The molecule has 22 heavy (non-hydrogen) atoms. The number of para-hydroxylation sites is 1. The van der Waals surface area contributed by atoms with Crippen LogP contribution in [-0.2, 0) is 4.74 Å². The Morgan fingerprint density at radius 2 is 1.91 bits per heavy atom. The van der Waals surface area contributed by atoms with Gasteiger partial charge < -0.3 is 14.6 Å². The fourth-order valence-electron chi connectivity index (χ4n) is 3.56. The maximum Gasteiger partial charge on any atom is 0.0950 e. The molecule has 3 heteroatoms. The van der Waals surface area contributed by atoms with Crippen LogP contribution in [0, 0.1) is 0 Å². The predicted molar refractivity (Wildman–Crippen MR) is 91.4 cm³/mol. The molecule has 0 amide bonds. The summed E-state index contributed by atoms with van der Waals surface area (Å²) >= 11 is 0. The first kappa shape index (κ1) is 13.8. The molecule has 2 aromatic carbocycles. The second-order valence-corrected chi connectivity index (χ2v) is 6.32. The van der Waals surface area contributed by atoms with Gasteiger partial charge in [-0.2, -0.15) is 0 Å². The lowest BCUT2D eigenvalue weighted by atomic mass is 10.0. The number of rotatable bonds is 2. The number of benzene rings is 2. The zero-order valence-electron chi connectivity index (χ0n) is 13.2. The van der Waals surface area contributed by atoms with Crippen LogP contribution < -0.4 is 5.32 Å². The molecule has 0 saturated carbocycles. The summed E-state index contributed by atoms with van der Waals surface area (Å²) in [6.07, 6.45) is 0.166. The highest BCUT2D eigenvalue weighted by Gasteiger charge is 2.18. The standard InChI is InChI=1S/C19H22N2O/c1-13(2)21-17-6-4-3-5-15(17)16-11-14(7-8-18(16)21)19-12-20-9-10-22-19/h3-8,11,13,19-20H,9-10,12H2,1-2H3. The molecular weight excluding hydrogens is 272 g/mol. The van der Waals surface area contributed by atoms with E-state index < -0.39 is 0 Å². The van der Waals surface area contributed by atoms with E-state index in [2.05, 4.69) is 66.2 Å². The van der Waals surface area contributed by atoms with Gasteiger partial charge in [0, 0.05) is 40.9 Å². The van der Waals surface area contributed by atoms with Crippen LogP contribution in [0.15, 0.2) is 42.5 Å². The summed E-state index contributed by atoms with van der Waals surface area (Å²) in [6.45, 7) is 7.12.